The molecule has 1 atom stereocenters. The number of hydrogen-bond acceptors (Lipinski definition) is 5. The van der Waals surface area contributed by atoms with Crippen LogP contribution in [0.1, 0.15) is 17.0 Å². The molecule has 7 nitrogen and oxygen atoms in total. The van der Waals surface area contributed by atoms with Crippen LogP contribution in [-0.2, 0) is 17.8 Å². The fraction of sp³-hybridized carbons (Fsp3) is 0.333. The molecule has 0 saturated carbocycles. The van der Waals surface area contributed by atoms with Crippen LogP contribution in [0.15, 0.2) is 24.5 Å². The summed E-state index contributed by atoms with van der Waals surface area (Å²) in [5, 5.41) is 16.6. The van der Waals surface area contributed by atoms with Gasteiger partial charge in [-0.25, -0.2) is 4.68 Å². The fourth-order valence-corrected chi connectivity index (χ4v) is 1.66. The van der Waals surface area contributed by atoms with Crippen molar-refractivity contribution in [3.05, 3.63) is 41.5 Å². The predicted octanol–water partition coefficient (Wildman–Crippen LogP) is -0.0158. The average molecular weight is 261 g/mol. The number of aliphatic carboxylic acids is 1. The smallest absolute Gasteiger partial charge is 0.320 e. The highest BCUT2D eigenvalue weighted by molar-refractivity contribution is 5.73. The van der Waals surface area contributed by atoms with E-state index in [0.717, 1.165) is 11.3 Å². The number of carbonyl (C=O) groups is 1. The van der Waals surface area contributed by atoms with E-state index >= 15 is 0 Å². The Balaban J connectivity index is 2.06. The van der Waals surface area contributed by atoms with E-state index in [-0.39, 0.29) is 6.42 Å². The largest absolute Gasteiger partial charge is 0.480 e. The standard InChI is InChI=1S/C12H15N5O2/c1-8-3-2-4-14-11(8)7-17-6-9(15-16-17)5-10(13)12(18)19/h2-4,6,10H,5,7,13H2,1H3,(H,18,19). The highest BCUT2D eigenvalue weighted by Crippen LogP contribution is 2.06. The van der Waals surface area contributed by atoms with Gasteiger partial charge in [-0.3, -0.25) is 9.78 Å². The summed E-state index contributed by atoms with van der Waals surface area (Å²) in [5.41, 5.74) is 7.98. The number of pyridine rings is 1. The van der Waals surface area contributed by atoms with Gasteiger partial charge in [0.1, 0.15) is 6.04 Å². The topological polar surface area (TPSA) is 107 Å². The van der Waals surface area contributed by atoms with E-state index in [2.05, 4.69) is 15.3 Å². The maximum Gasteiger partial charge on any atom is 0.320 e. The van der Waals surface area contributed by atoms with Crippen LogP contribution in [0.4, 0.5) is 0 Å². The van der Waals surface area contributed by atoms with E-state index < -0.39 is 12.0 Å². The van der Waals surface area contributed by atoms with Crippen LogP contribution in [0.3, 0.4) is 0 Å². The molecule has 2 heterocycles. The second-order valence-corrected chi connectivity index (χ2v) is 4.32. The van der Waals surface area contributed by atoms with E-state index in [4.69, 9.17) is 10.8 Å². The van der Waals surface area contributed by atoms with Crippen LogP contribution >= 0.6 is 0 Å². The van der Waals surface area contributed by atoms with Crippen LogP contribution in [-0.4, -0.2) is 37.1 Å². The highest BCUT2D eigenvalue weighted by atomic mass is 16.4. The summed E-state index contributed by atoms with van der Waals surface area (Å²) in [5.74, 6) is -1.05. The first-order valence-electron chi connectivity index (χ1n) is 5.84. The molecule has 19 heavy (non-hydrogen) atoms. The van der Waals surface area contributed by atoms with Gasteiger partial charge in [0.25, 0.3) is 0 Å². The van der Waals surface area contributed by atoms with Crippen molar-refractivity contribution in [1.29, 1.82) is 0 Å². The van der Waals surface area contributed by atoms with Gasteiger partial charge in [0.2, 0.25) is 0 Å². The molecule has 0 amide bonds. The van der Waals surface area contributed by atoms with Crippen molar-refractivity contribution in [2.24, 2.45) is 5.73 Å². The molecule has 0 aromatic carbocycles. The Labute approximate surface area is 110 Å². The first-order chi connectivity index (χ1) is 9.06. The molecule has 0 bridgehead atoms. The van der Waals surface area contributed by atoms with Crippen LogP contribution in [0.5, 0.6) is 0 Å². The van der Waals surface area contributed by atoms with Crippen molar-refractivity contribution in [2.75, 3.05) is 0 Å². The summed E-state index contributed by atoms with van der Waals surface area (Å²) >= 11 is 0. The zero-order valence-electron chi connectivity index (χ0n) is 10.5. The minimum absolute atomic E-state index is 0.163. The Hall–Kier alpha value is -2.28. The molecule has 1 unspecified atom stereocenters. The SMILES string of the molecule is Cc1cccnc1Cn1cc(CC(N)C(=O)O)nn1. The molecule has 0 aliphatic rings. The molecular formula is C12H15N5O2. The number of carboxylic acid groups (broad SMARTS) is 1. The summed E-state index contributed by atoms with van der Waals surface area (Å²) in [6.07, 6.45) is 3.58. The lowest BCUT2D eigenvalue weighted by atomic mass is 10.2. The van der Waals surface area contributed by atoms with Crippen molar-refractivity contribution in [1.82, 2.24) is 20.0 Å². The molecule has 2 rings (SSSR count). The first-order valence-corrected chi connectivity index (χ1v) is 5.84. The monoisotopic (exact) mass is 261 g/mol. The van der Waals surface area contributed by atoms with Crippen LogP contribution in [0.2, 0.25) is 0 Å². The van der Waals surface area contributed by atoms with Crippen LogP contribution in [0, 0.1) is 6.92 Å². The number of rotatable bonds is 5. The second-order valence-electron chi connectivity index (χ2n) is 4.32. The maximum atomic E-state index is 10.7. The van der Waals surface area contributed by atoms with Gasteiger partial charge >= 0.3 is 5.97 Å². The van der Waals surface area contributed by atoms with Crippen LogP contribution in [0.25, 0.3) is 0 Å². The number of nitrogens with two attached hydrogens (primary N) is 1. The number of carboxylic acids is 1. The third-order valence-electron chi connectivity index (χ3n) is 2.76. The molecule has 0 spiro atoms. The quantitative estimate of drug-likeness (QED) is 0.783. The summed E-state index contributed by atoms with van der Waals surface area (Å²) in [6.45, 7) is 2.47. The highest BCUT2D eigenvalue weighted by Gasteiger charge is 2.14. The molecule has 3 N–H and O–H groups in total. The van der Waals surface area contributed by atoms with E-state index in [0.29, 0.717) is 12.2 Å². The van der Waals surface area contributed by atoms with Gasteiger partial charge in [-0.05, 0) is 18.6 Å². The third kappa shape index (κ3) is 3.35. The molecule has 2 aromatic rings. The summed E-state index contributed by atoms with van der Waals surface area (Å²) < 4.78 is 1.62. The van der Waals surface area contributed by atoms with E-state index in [1.165, 1.54) is 0 Å². The zero-order chi connectivity index (χ0) is 13.8. The van der Waals surface area contributed by atoms with Gasteiger partial charge in [0.15, 0.2) is 0 Å². The van der Waals surface area contributed by atoms with Gasteiger partial charge in [-0.15, -0.1) is 5.10 Å². The van der Waals surface area contributed by atoms with Crippen molar-refractivity contribution in [2.45, 2.75) is 25.9 Å². The molecular weight excluding hydrogens is 246 g/mol. The van der Waals surface area contributed by atoms with Crippen molar-refractivity contribution in [3.63, 3.8) is 0 Å². The Morgan fingerprint density at radius 3 is 3.05 bits per heavy atom. The molecule has 0 fully saturated rings. The minimum Gasteiger partial charge on any atom is -0.480 e. The van der Waals surface area contributed by atoms with Gasteiger partial charge in [-0.2, -0.15) is 0 Å². The third-order valence-corrected chi connectivity index (χ3v) is 2.76. The Bertz CT molecular complexity index is 581. The van der Waals surface area contributed by atoms with Crippen molar-refractivity contribution in [3.8, 4) is 0 Å². The Kier molecular flexibility index (Phi) is 3.86. The summed E-state index contributed by atoms with van der Waals surface area (Å²) in [6, 6.07) is 2.89. The maximum absolute atomic E-state index is 10.7. The minimum atomic E-state index is -1.05. The molecule has 0 aliphatic heterocycles. The lowest BCUT2D eigenvalue weighted by molar-refractivity contribution is -0.138. The number of aryl methyl sites for hydroxylation is 1. The van der Waals surface area contributed by atoms with E-state index in [9.17, 15) is 4.79 Å². The van der Waals surface area contributed by atoms with Crippen molar-refractivity contribution < 1.29 is 9.90 Å². The second kappa shape index (κ2) is 5.57. The number of aromatic nitrogens is 4. The number of hydrogen-bond donors (Lipinski definition) is 2. The molecule has 0 aliphatic carbocycles. The molecule has 2 aromatic heterocycles. The van der Waals surface area contributed by atoms with Gasteiger partial charge in [-0.1, -0.05) is 11.3 Å². The predicted molar refractivity (Wildman–Crippen MR) is 67.4 cm³/mol. The lowest BCUT2D eigenvalue weighted by Crippen LogP contribution is -2.32. The Morgan fingerprint density at radius 1 is 1.58 bits per heavy atom. The number of nitrogens with zero attached hydrogens (tertiary/aromatic N) is 4. The average Bonchev–Trinajstić information content (AvgIpc) is 2.79. The van der Waals surface area contributed by atoms with Crippen molar-refractivity contribution >= 4 is 5.97 Å². The molecule has 100 valence electrons. The summed E-state index contributed by atoms with van der Waals surface area (Å²) in [7, 11) is 0. The lowest BCUT2D eigenvalue weighted by Gasteiger charge is -2.03. The van der Waals surface area contributed by atoms with E-state index in [1.807, 2.05) is 19.1 Å². The fourth-order valence-electron chi connectivity index (χ4n) is 1.66. The van der Waals surface area contributed by atoms with E-state index in [1.54, 1.807) is 17.1 Å². The molecule has 0 saturated heterocycles. The van der Waals surface area contributed by atoms with Gasteiger partial charge in [0.05, 0.1) is 17.9 Å². The summed E-state index contributed by atoms with van der Waals surface area (Å²) in [4.78, 5) is 14.9. The van der Waals surface area contributed by atoms with Gasteiger partial charge in [0, 0.05) is 18.8 Å². The van der Waals surface area contributed by atoms with Crippen LogP contribution < -0.4 is 5.73 Å². The molecule has 0 radical (unpaired) electrons. The zero-order valence-corrected chi connectivity index (χ0v) is 10.5. The normalized spacial score (nSPS) is 12.3. The van der Waals surface area contributed by atoms with Gasteiger partial charge < -0.3 is 10.8 Å². The first kappa shape index (κ1) is 13.2. The molecule has 7 heteroatoms. The Morgan fingerprint density at radius 2 is 2.37 bits per heavy atom.